The lowest BCUT2D eigenvalue weighted by molar-refractivity contribution is -0.138. The number of benzene rings is 1. The summed E-state index contributed by atoms with van der Waals surface area (Å²) in [5.74, 6) is -2.84. The number of fused-ring (bicyclic) bond motifs is 2. The number of H-pyrrole nitrogens is 2. The summed E-state index contributed by atoms with van der Waals surface area (Å²) < 4.78 is 65.9. The number of carbonyl (C=O) groups excluding carboxylic acids is 2. The topological polar surface area (TPSA) is 120 Å². The smallest absolute Gasteiger partial charge is 0.345 e. The fourth-order valence-corrected chi connectivity index (χ4v) is 4.00. The molecule has 4 heterocycles. The number of hydrogen-bond donors (Lipinski definition) is 3. The summed E-state index contributed by atoms with van der Waals surface area (Å²) in [6, 6.07) is 4.61. The van der Waals surface area contributed by atoms with Gasteiger partial charge in [0, 0.05) is 23.7 Å². The van der Waals surface area contributed by atoms with Crippen molar-refractivity contribution >= 4 is 22.7 Å². The van der Waals surface area contributed by atoms with Gasteiger partial charge in [0.25, 0.3) is 11.8 Å². The summed E-state index contributed by atoms with van der Waals surface area (Å²) >= 11 is 0. The molecule has 9 nitrogen and oxygen atoms in total. The van der Waals surface area contributed by atoms with Gasteiger partial charge >= 0.3 is 6.18 Å². The maximum absolute atomic E-state index is 14.0. The molecule has 0 unspecified atom stereocenters. The van der Waals surface area contributed by atoms with Crippen molar-refractivity contribution in [3.8, 4) is 0 Å². The molecule has 0 radical (unpaired) electrons. The van der Waals surface area contributed by atoms with Crippen molar-refractivity contribution in [1.29, 1.82) is 0 Å². The summed E-state index contributed by atoms with van der Waals surface area (Å²) in [6.07, 6.45) is -3.98. The minimum atomic E-state index is -4.74. The van der Waals surface area contributed by atoms with E-state index in [0.717, 1.165) is 0 Å². The zero-order valence-electron chi connectivity index (χ0n) is 18.2. The van der Waals surface area contributed by atoms with Crippen LogP contribution < -0.4 is 5.32 Å². The third-order valence-corrected chi connectivity index (χ3v) is 5.85. The number of aromatic nitrogens is 5. The molecule has 0 fully saturated rings. The van der Waals surface area contributed by atoms with Crippen LogP contribution in [0.3, 0.4) is 0 Å². The summed E-state index contributed by atoms with van der Waals surface area (Å²) in [6.45, 7) is -0.117. The molecule has 1 aliphatic rings. The molecule has 2 amide bonds. The van der Waals surface area contributed by atoms with Crippen molar-refractivity contribution in [3.05, 3.63) is 76.0 Å². The highest BCUT2D eigenvalue weighted by Crippen LogP contribution is 2.29. The molecule has 0 atom stereocenters. The summed E-state index contributed by atoms with van der Waals surface area (Å²) in [5.41, 5.74) is -0.316. The van der Waals surface area contributed by atoms with E-state index in [1.165, 1.54) is 17.0 Å². The largest absolute Gasteiger partial charge is 0.417 e. The Morgan fingerprint density at radius 3 is 2.67 bits per heavy atom. The van der Waals surface area contributed by atoms with E-state index in [2.05, 4.69) is 30.7 Å². The van der Waals surface area contributed by atoms with E-state index in [0.29, 0.717) is 28.9 Å². The first kappa shape index (κ1) is 23.4. The molecule has 1 aliphatic heterocycles. The SMILES string of the molecule is O=C(NCc1ncc(C(F)(F)F)cc1F)c1n[nH]c2c1CCN(C(=O)c1[nH]nc3c(F)cccc13)C2. The highest BCUT2D eigenvalue weighted by Gasteiger charge is 2.32. The van der Waals surface area contributed by atoms with E-state index < -0.39 is 41.7 Å². The first-order chi connectivity index (χ1) is 17.1. The number of alkyl halides is 3. The predicted octanol–water partition coefficient (Wildman–Crippen LogP) is 3.11. The van der Waals surface area contributed by atoms with Gasteiger partial charge in [-0.1, -0.05) is 12.1 Å². The fourth-order valence-electron chi connectivity index (χ4n) is 4.00. The van der Waals surface area contributed by atoms with Crippen molar-refractivity contribution in [2.75, 3.05) is 6.54 Å². The van der Waals surface area contributed by atoms with Crippen LogP contribution in [0.5, 0.6) is 0 Å². The Hall–Kier alpha value is -4.36. The van der Waals surface area contributed by atoms with Gasteiger partial charge in [-0.2, -0.15) is 23.4 Å². The molecule has 1 aromatic carbocycles. The maximum Gasteiger partial charge on any atom is 0.417 e. The van der Waals surface area contributed by atoms with Crippen LogP contribution >= 0.6 is 0 Å². The lowest BCUT2D eigenvalue weighted by atomic mass is 10.0. The Morgan fingerprint density at radius 1 is 1.11 bits per heavy atom. The lowest BCUT2D eigenvalue weighted by Crippen LogP contribution is -2.37. The van der Waals surface area contributed by atoms with Crippen molar-refractivity contribution in [2.45, 2.75) is 25.7 Å². The second kappa shape index (κ2) is 8.70. The van der Waals surface area contributed by atoms with Gasteiger partial charge in [0.1, 0.15) is 17.0 Å². The Kier molecular flexibility index (Phi) is 5.65. The molecule has 0 aliphatic carbocycles. The van der Waals surface area contributed by atoms with Crippen LogP contribution in [0.15, 0.2) is 30.5 Å². The summed E-state index contributed by atoms with van der Waals surface area (Å²) in [4.78, 5) is 30.6. The number of nitrogens with zero attached hydrogens (tertiary/aromatic N) is 4. The monoisotopic (exact) mass is 505 g/mol. The van der Waals surface area contributed by atoms with Gasteiger partial charge in [0.2, 0.25) is 0 Å². The van der Waals surface area contributed by atoms with Crippen molar-refractivity contribution < 1.29 is 31.5 Å². The number of carbonyl (C=O) groups is 2. The number of amides is 2. The molecule has 14 heteroatoms. The average Bonchev–Trinajstić information content (AvgIpc) is 3.47. The minimum absolute atomic E-state index is 0.0264. The molecule has 36 heavy (non-hydrogen) atoms. The second-order valence-corrected chi connectivity index (χ2v) is 8.07. The quantitative estimate of drug-likeness (QED) is 0.368. The number of pyridine rings is 1. The van der Waals surface area contributed by atoms with E-state index >= 15 is 0 Å². The van der Waals surface area contributed by atoms with E-state index in [9.17, 15) is 31.5 Å². The molecular weight excluding hydrogens is 489 g/mol. The molecule has 0 saturated carbocycles. The summed E-state index contributed by atoms with van der Waals surface area (Å²) in [7, 11) is 0. The van der Waals surface area contributed by atoms with Gasteiger partial charge in [0.05, 0.1) is 30.0 Å². The molecule has 0 spiro atoms. The highest BCUT2D eigenvalue weighted by atomic mass is 19.4. The van der Waals surface area contributed by atoms with E-state index in [1.54, 1.807) is 6.07 Å². The normalized spacial score (nSPS) is 13.6. The molecule has 3 aromatic heterocycles. The van der Waals surface area contributed by atoms with Crippen LogP contribution in [0.2, 0.25) is 0 Å². The van der Waals surface area contributed by atoms with Crippen LogP contribution in [0.1, 0.15) is 43.5 Å². The number of hydrogen-bond acceptors (Lipinski definition) is 5. The Bertz CT molecular complexity index is 1490. The van der Waals surface area contributed by atoms with Crippen LogP contribution in [-0.2, 0) is 25.7 Å². The molecule has 4 aromatic rings. The number of halogens is 5. The van der Waals surface area contributed by atoms with E-state index in [1.807, 2.05) is 0 Å². The number of para-hydroxylation sites is 1. The number of rotatable bonds is 4. The van der Waals surface area contributed by atoms with Gasteiger partial charge in [0.15, 0.2) is 11.5 Å². The van der Waals surface area contributed by atoms with Crippen LogP contribution in [0.4, 0.5) is 22.0 Å². The Balaban J connectivity index is 1.27. The third-order valence-electron chi connectivity index (χ3n) is 5.85. The molecule has 0 bridgehead atoms. The second-order valence-electron chi connectivity index (χ2n) is 8.07. The predicted molar refractivity (Wildman–Crippen MR) is 113 cm³/mol. The van der Waals surface area contributed by atoms with Crippen molar-refractivity contribution in [3.63, 3.8) is 0 Å². The van der Waals surface area contributed by atoms with Gasteiger partial charge in [-0.05, 0) is 18.6 Å². The van der Waals surface area contributed by atoms with Gasteiger partial charge in [-0.25, -0.2) is 8.78 Å². The average molecular weight is 505 g/mol. The number of nitrogens with one attached hydrogen (secondary N) is 3. The third kappa shape index (κ3) is 4.14. The van der Waals surface area contributed by atoms with Crippen LogP contribution in [0.25, 0.3) is 10.9 Å². The summed E-state index contributed by atoms with van der Waals surface area (Å²) in [5, 5.41) is 15.9. The Labute approximate surface area is 198 Å². The fraction of sp³-hybridized carbons (Fsp3) is 0.227. The van der Waals surface area contributed by atoms with Gasteiger partial charge in [-0.3, -0.25) is 24.8 Å². The zero-order valence-corrected chi connectivity index (χ0v) is 18.2. The molecule has 186 valence electrons. The lowest BCUT2D eigenvalue weighted by Gasteiger charge is -2.26. The minimum Gasteiger partial charge on any atom is -0.345 e. The molecule has 3 N–H and O–H groups in total. The van der Waals surface area contributed by atoms with Crippen LogP contribution in [0, 0.1) is 11.6 Å². The highest BCUT2D eigenvalue weighted by molar-refractivity contribution is 6.04. The first-order valence-corrected chi connectivity index (χ1v) is 10.6. The van der Waals surface area contributed by atoms with Crippen molar-refractivity contribution in [1.82, 2.24) is 35.6 Å². The zero-order chi connectivity index (χ0) is 25.6. The Morgan fingerprint density at radius 2 is 1.92 bits per heavy atom. The van der Waals surface area contributed by atoms with E-state index in [-0.39, 0.29) is 42.1 Å². The standard InChI is InChI=1S/C22H16F5N7O2/c23-13-3-1-2-12-17(13)31-33-19(12)21(36)34-5-4-11-16(9-34)30-32-18(11)20(35)29-8-15-14(24)6-10(7-28-15)22(25,26)27/h1-3,6-7H,4-5,8-9H2,(H,29,35)(H,30,32)(H,31,33). The van der Waals surface area contributed by atoms with Gasteiger partial charge < -0.3 is 10.2 Å². The van der Waals surface area contributed by atoms with Crippen LogP contribution in [-0.4, -0.2) is 48.6 Å². The first-order valence-electron chi connectivity index (χ1n) is 10.6. The number of aromatic amines is 2. The molecular formula is C22H16F5N7O2. The van der Waals surface area contributed by atoms with Crippen molar-refractivity contribution in [2.24, 2.45) is 0 Å². The van der Waals surface area contributed by atoms with Gasteiger partial charge in [-0.15, -0.1) is 0 Å². The maximum atomic E-state index is 14.0. The van der Waals surface area contributed by atoms with E-state index in [4.69, 9.17) is 0 Å². The molecule has 5 rings (SSSR count). The molecule has 0 saturated heterocycles.